The van der Waals surface area contributed by atoms with Crippen molar-refractivity contribution in [2.45, 2.75) is 26.7 Å². The third-order valence-corrected chi connectivity index (χ3v) is 2.56. The lowest BCUT2D eigenvalue weighted by atomic mass is 10.1. The Bertz CT molecular complexity index is 438. The summed E-state index contributed by atoms with van der Waals surface area (Å²) in [5.41, 5.74) is 0.308. The fraction of sp³-hybridized carbons (Fsp3) is 0.538. The van der Waals surface area contributed by atoms with Crippen molar-refractivity contribution in [1.82, 2.24) is 10.2 Å². The average molecular weight is 243 g/mol. The van der Waals surface area contributed by atoms with Gasteiger partial charge >= 0.3 is 0 Å². The molecule has 5 heteroatoms. The van der Waals surface area contributed by atoms with Crippen LogP contribution in [0.15, 0.2) is 12.1 Å². The molecular formula is C13H17N5. The third kappa shape index (κ3) is 4.39. The van der Waals surface area contributed by atoms with E-state index in [-0.39, 0.29) is 0 Å². The molecule has 94 valence electrons. The molecule has 18 heavy (non-hydrogen) atoms. The van der Waals surface area contributed by atoms with Crippen LogP contribution in [-0.4, -0.2) is 23.3 Å². The molecule has 1 aromatic heterocycles. The standard InChI is InChI=1S/C13H17N5/c1-11(2)6-9-18(8-3-7-14)13-5-4-12(10-15)16-17-13/h4-5,11H,3,6,8-9H2,1-2H3. The van der Waals surface area contributed by atoms with Crippen LogP contribution in [0, 0.1) is 28.6 Å². The highest BCUT2D eigenvalue weighted by molar-refractivity contribution is 5.38. The third-order valence-electron chi connectivity index (χ3n) is 2.56. The van der Waals surface area contributed by atoms with Crippen LogP contribution in [0.4, 0.5) is 5.82 Å². The van der Waals surface area contributed by atoms with Crippen molar-refractivity contribution in [3.8, 4) is 12.1 Å². The number of nitriles is 2. The van der Waals surface area contributed by atoms with Crippen molar-refractivity contribution >= 4 is 5.82 Å². The Morgan fingerprint density at radius 2 is 2.00 bits per heavy atom. The highest BCUT2D eigenvalue weighted by Crippen LogP contribution is 2.12. The van der Waals surface area contributed by atoms with Crippen molar-refractivity contribution in [2.24, 2.45) is 5.92 Å². The Kier molecular flexibility index (Phi) is 5.60. The monoisotopic (exact) mass is 243 g/mol. The SMILES string of the molecule is CC(C)CCN(CCC#N)c1ccc(C#N)nn1. The molecule has 0 aliphatic carbocycles. The normalized spacial score (nSPS) is 9.83. The molecule has 0 aliphatic heterocycles. The zero-order valence-corrected chi connectivity index (χ0v) is 10.8. The van der Waals surface area contributed by atoms with Gasteiger partial charge in [-0.25, -0.2) is 0 Å². The summed E-state index contributed by atoms with van der Waals surface area (Å²) >= 11 is 0. The largest absolute Gasteiger partial charge is 0.354 e. The van der Waals surface area contributed by atoms with Gasteiger partial charge in [-0.1, -0.05) is 13.8 Å². The lowest BCUT2D eigenvalue weighted by Crippen LogP contribution is -2.27. The number of rotatable bonds is 6. The van der Waals surface area contributed by atoms with Crippen LogP contribution < -0.4 is 4.90 Å². The van der Waals surface area contributed by atoms with Gasteiger partial charge in [-0.15, -0.1) is 10.2 Å². The molecule has 1 aromatic rings. The summed E-state index contributed by atoms with van der Waals surface area (Å²) in [6.07, 6.45) is 1.49. The second-order valence-corrected chi connectivity index (χ2v) is 4.47. The van der Waals surface area contributed by atoms with E-state index in [0.717, 1.165) is 18.8 Å². The van der Waals surface area contributed by atoms with Crippen molar-refractivity contribution in [3.05, 3.63) is 17.8 Å². The minimum atomic E-state index is 0.308. The van der Waals surface area contributed by atoms with Gasteiger partial charge in [-0.3, -0.25) is 0 Å². The smallest absolute Gasteiger partial charge is 0.163 e. The zero-order valence-electron chi connectivity index (χ0n) is 10.8. The predicted octanol–water partition coefficient (Wildman–Crippen LogP) is 2.11. The van der Waals surface area contributed by atoms with E-state index < -0.39 is 0 Å². The van der Waals surface area contributed by atoms with Gasteiger partial charge in [0.2, 0.25) is 0 Å². The molecule has 0 radical (unpaired) electrons. The minimum Gasteiger partial charge on any atom is -0.354 e. The number of nitrogens with zero attached hydrogens (tertiary/aromatic N) is 5. The first kappa shape index (κ1) is 13.9. The lowest BCUT2D eigenvalue weighted by molar-refractivity contribution is 0.570. The first-order valence-corrected chi connectivity index (χ1v) is 6.03. The summed E-state index contributed by atoms with van der Waals surface area (Å²) < 4.78 is 0. The van der Waals surface area contributed by atoms with E-state index in [9.17, 15) is 0 Å². The Balaban J connectivity index is 2.74. The van der Waals surface area contributed by atoms with Gasteiger partial charge in [0, 0.05) is 13.1 Å². The van der Waals surface area contributed by atoms with Crippen LogP contribution in [0.3, 0.4) is 0 Å². The van der Waals surface area contributed by atoms with Crippen LogP contribution in [0.25, 0.3) is 0 Å². The van der Waals surface area contributed by atoms with E-state index >= 15 is 0 Å². The van der Waals surface area contributed by atoms with Gasteiger partial charge in [0.05, 0.1) is 12.5 Å². The Morgan fingerprint density at radius 3 is 2.50 bits per heavy atom. The molecule has 0 amide bonds. The van der Waals surface area contributed by atoms with E-state index in [1.165, 1.54) is 0 Å². The minimum absolute atomic E-state index is 0.308. The van der Waals surface area contributed by atoms with Crippen LogP contribution >= 0.6 is 0 Å². The molecule has 0 fully saturated rings. The van der Waals surface area contributed by atoms with Crippen molar-refractivity contribution < 1.29 is 0 Å². The summed E-state index contributed by atoms with van der Waals surface area (Å²) in [7, 11) is 0. The molecule has 5 nitrogen and oxygen atoms in total. The molecule has 0 saturated heterocycles. The summed E-state index contributed by atoms with van der Waals surface area (Å²) in [6, 6.07) is 7.51. The lowest BCUT2D eigenvalue weighted by Gasteiger charge is -2.22. The van der Waals surface area contributed by atoms with Gasteiger partial charge in [0.15, 0.2) is 11.5 Å². The number of hydrogen-bond acceptors (Lipinski definition) is 5. The van der Waals surface area contributed by atoms with Crippen molar-refractivity contribution in [3.63, 3.8) is 0 Å². The summed E-state index contributed by atoms with van der Waals surface area (Å²) in [5.74, 6) is 1.32. The van der Waals surface area contributed by atoms with Crippen LogP contribution in [0.1, 0.15) is 32.4 Å². The zero-order chi connectivity index (χ0) is 13.4. The molecule has 0 atom stereocenters. The highest BCUT2D eigenvalue weighted by atomic mass is 15.3. The van der Waals surface area contributed by atoms with Gasteiger partial charge in [-0.05, 0) is 24.5 Å². The van der Waals surface area contributed by atoms with E-state index in [1.807, 2.05) is 11.0 Å². The van der Waals surface area contributed by atoms with Gasteiger partial charge in [0.25, 0.3) is 0 Å². The van der Waals surface area contributed by atoms with Gasteiger partial charge < -0.3 is 4.90 Å². The first-order valence-electron chi connectivity index (χ1n) is 6.03. The average Bonchev–Trinajstić information content (AvgIpc) is 2.39. The molecule has 0 N–H and O–H groups in total. The molecule has 0 unspecified atom stereocenters. The maximum Gasteiger partial charge on any atom is 0.163 e. The van der Waals surface area contributed by atoms with Crippen LogP contribution in [-0.2, 0) is 0 Å². The van der Waals surface area contributed by atoms with E-state index in [1.54, 1.807) is 12.1 Å². The molecule has 1 rings (SSSR count). The molecule has 0 bridgehead atoms. The molecule has 1 heterocycles. The predicted molar refractivity (Wildman–Crippen MR) is 68.6 cm³/mol. The second kappa shape index (κ2) is 7.24. The second-order valence-electron chi connectivity index (χ2n) is 4.47. The van der Waals surface area contributed by atoms with E-state index in [2.05, 4.69) is 30.1 Å². The fourth-order valence-electron chi connectivity index (χ4n) is 1.49. The topological polar surface area (TPSA) is 76.6 Å². The summed E-state index contributed by atoms with van der Waals surface area (Å²) in [5, 5.41) is 25.2. The van der Waals surface area contributed by atoms with Crippen molar-refractivity contribution in [2.75, 3.05) is 18.0 Å². The molecule has 0 spiro atoms. The van der Waals surface area contributed by atoms with Gasteiger partial charge in [0.1, 0.15) is 6.07 Å². The molecule has 0 saturated carbocycles. The molecule has 0 aromatic carbocycles. The van der Waals surface area contributed by atoms with E-state index in [4.69, 9.17) is 10.5 Å². The number of anilines is 1. The van der Waals surface area contributed by atoms with Gasteiger partial charge in [-0.2, -0.15) is 10.5 Å². The summed E-state index contributed by atoms with van der Waals surface area (Å²) in [4.78, 5) is 2.04. The van der Waals surface area contributed by atoms with E-state index in [0.29, 0.717) is 24.6 Å². The van der Waals surface area contributed by atoms with Crippen LogP contribution in [0.5, 0.6) is 0 Å². The molecular weight excluding hydrogens is 226 g/mol. The first-order chi connectivity index (χ1) is 8.67. The Labute approximate surface area is 108 Å². The fourth-order valence-corrected chi connectivity index (χ4v) is 1.49. The Morgan fingerprint density at radius 1 is 1.22 bits per heavy atom. The number of hydrogen-bond donors (Lipinski definition) is 0. The number of aromatic nitrogens is 2. The Hall–Kier alpha value is -2.14. The molecule has 0 aliphatic rings. The maximum absolute atomic E-state index is 8.68. The highest BCUT2D eigenvalue weighted by Gasteiger charge is 2.09. The maximum atomic E-state index is 8.68. The van der Waals surface area contributed by atoms with Crippen LogP contribution in [0.2, 0.25) is 0 Å². The quantitative estimate of drug-likeness (QED) is 0.764. The summed E-state index contributed by atoms with van der Waals surface area (Å²) in [6.45, 7) is 5.81. The van der Waals surface area contributed by atoms with Crippen molar-refractivity contribution in [1.29, 1.82) is 10.5 Å².